The summed E-state index contributed by atoms with van der Waals surface area (Å²) in [6.45, 7) is 7.33. The SMILES string of the molecule is CC(C)(C)C[C@H](N)CCOC=O. The first kappa shape index (κ1) is 11.4. The van der Waals surface area contributed by atoms with E-state index in [1.807, 2.05) is 0 Å². The van der Waals surface area contributed by atoms with Crippen molar-refractivity contribution in [2.45, 2.75) is 39.7 Å². The summed E-state index contributed by atoms with van der Waals surface area (Å²) in [5.74, 6) is 0. The van der Waals surface area contributed by atoms with Crippen LogP contribution in [0.4, 0.5) is 0 Å². The number of nitrogens with two attached hydrogens (primary N) is 1. The van der Waals surface area contributed by atoms with E-state index in [0.29, 0.717) is 13.1 Å². The molecule has 0 unspecified atom stereocenters. The Balaban J connectivity index is 3.46. The smallest absolute Gasteiger partial charge is 0.293 e. The lowest BCUT2D eigenvalue weighted by atomic mass is 9.87. The normalized spacial score (nSPS) is 14.0. The van der Waals surface area contributed by atoms with Crippen molar-refractivity contribution in [1.29, 1.82) is 0 Å². The van der Waals surface area contributed by atoms with Crippen molar-refractivity contribution in [2.24, 2.45) is 11.1 Å². The van der Waals surface area contributed by atoms with Gasteiger partial charge < -0.3 is 10.5 Å². The first-order valence-corrected chi connectivity index (χ1v) is 4.26. The van der Waals surface area contributed by atoms with E-state index in [4.69, 9.17) is 5.73 Å². The summed E-state index contributed by atoms with van der Waals surface area (Å²) in [5.41, 5.74) is 6.06. The molecule has 3 heteroatoms. The Kier molecular flexibility index (Phi) is 4.90. The third-order valence-corrected chi connectivity index (χ3v) is 1.55. The summed E-state index contributed by atoms with van der Waals surface area (Å²) in [7, 11) is 0. The van der Waals surface area contributed by atoms with Crippen LogP contribution in [0.5, 0.6) is 0 Å². The van der Waals surface area contributed by atoms with E-state index in [2.05, 4.69) is 25.5 Å². The second kappa shape index (κ2) is 5.14. The molecule has 0 aliphatic heterocycles. The highest BCUT2D eigenvalue weighted by atomic mass is 16.5. The van der Waals surface area contributed by atoms with Crippen LogP contribution in [-0.2, 0) is 9.53 Å². The molecule has 0 aromatic carbocycles. The third kappa shape index (κ3) is 7.54. The zero-order chi connectivity index (χ0) is 9.61. The first-order valence-electron chi connectivity index (χ1n) is 4.26. The van der Waals surface area contributed by atoms with Gasteiger partial charge in [-0.15, -0.1) is 0 Å². The molecule has 0 amide bonds. The number of hydrogen-bond donors (Lipinski definition) is 1. The van der Waals surface area contributed by atoms with Crippen molar-refractivity contribution in [3.8, 4) is 0 Å². The van der Waals surface area contributed by atoms with Crippen LogP contribution in [0.25, 0.3) is 0 Å². The lowest BCUT2D eigenvalue weighted by Gasteiger charge is -2.22. The number of carbonyl (C=O) groups excluding carboxylic acids is 1. The van der Waals surface area contributed by atoms with Crippen LogP contribution in [0.1, 0.15) is 33.6 Å². The second-order valence-electron chi connectivity index (χ2n) is 4.28. The molecular weight excluding hydrogens is 154 g/mol. The zero-order valence-electron chi connectivity index (χ0n) is 8.17. The van der Waals surface area contributed by atoms with Crippen molar-refractivity contribution < 1.29 is 9.53 Å². The standard InChI is InChI=1S/C9H19NO2/c1-9(2,3)6-8(10)4-5-12-7-11/h7-8H,4-6,10H2,1-3H3/t8-/m1/s1. The Hall–Kier alpha value is -0.570. The van der Waals surface area contributed by atoms with Crippen LogP contribution in [0.3, 0.4) is 0 Å². The molecule has 0 aliphatic carbocycles. The van der Waals surface area contributed by atoms with Crippen LogP contribution in [-0.4, -0.2) is 19.1 Å². The molecule has 0 saturated carbocycles. The van der Waals surface area contributed by atoms with Gasteiger partial charge in [0.25, 0.3) is 6.47 Å². The fraction of sp³-hybridized carbons (Fsp3) is 0.889. The van der Waals surface area contributed by atoms with Gasteiger partial charge in [-0.25, -0.2) is 0 Å². The fourth-order valence-electron chi connectivity index (χ4n) is 1.16. The Morgan fingerprint density at radius 2 is 2.08 bits per heavy atom. The Labute approximate surface area is 74.3 Å². The van der Waals surface area contributed by atoms with E-state index >= 15 is 0 Å². The molecule has 0 saturated heterocycles. The van der Waals surface area contributed by atoms with Crippen molar-refractivity contribution in [2.75, 3.05) is 6.61 Å². The molecule has 3 nitrogen and oxygen atoms in total. The van der Waals surface area contributed by atoms with Gasteiger partial charge in [0.15, 0.2) is 0 Å². The molecular formula is C9H19NO2. The van der Waals surface area contributed by atoms with Gasteiger partial charge in [-0.3, -0.25) is 4.79 Å². The average Bonchev–Trinajstić information content (AvgIpc) is 1.84. The summed E-state index contributed by atoms with van der Waals surface area (Å²) >= 11 is 0. The van der Waals surface area contributed by atoms with Gasteiger partial charge in [0.05, 0.1) is 6.61 Å². The van der Waals surface area contributed by atoms with E-state index in [1.165, 1.54) is 0 Å². The van der Waals surface area contributed by atoms with E-state index in [9.17, 15) is 4.79 Å². The predicted octanol–water partition coefficient (Wildman–Crippen LogP) is 1.31. The number of ether oxygens (including phenoxy) is 1. The van der Waals surface area contributed by atoms with Crippen LogP contribution in [0.2, 0.25) is 0 Å². The van der Waals surface area contributed by atoms with Gasteiger partial charge in [-0.1, -0.05) is 20.8 Å². The highest BCUT2D eigenvalue weighted by Crippen LogP contribution is 2.20. The monoisotopic (exact) mass is 173 g/mol. The molecule has 0 spiro atoms. The maximum absolute atomic E-state index is 9.81. The van der Waals surface area contributed by atoms with Crippen molar-refractivity contribution in [3.63, 3.8) is 0 Å². The summed E-state index contributed by atoms with van der Waals surface area (Å²) < 4.78 is 4.56. The van der Waals surface area contributed by atoms with Gasteiger partial charge in [0, 0.05) is 6.04 Å². The highest BCUT2D eigenvalue weighted by Gasteiger charge is 2.15. The van der Waals surface area contributed by atoms with Crippen LogP contribution >= 0.6 is 0 Å². The van der Waals surface area contributed by atoms with Gasteiger partial charge in [0.1, 0.15) is 0 Å². The average molecular weight is 173 g/mol. The van der Waals surface area contributed by atoms with Crippen LogP contribution in [0.15, 0.2) is 0 Å². The first-order chi connectivity index (χ1) is 5.45. The minimum absolute atomic E-state index is 0.130. The molecule has 0 aromatic heterocycles. The number of hydrogen-bond acceptors (Lipinski definition) is 3. The maximum atomic E-state index is 9.81. The van der Waals surface area contributed by atoms with E-state index in [1.54, 1.807) is 0 Å². The highest BCUT2D eigenvalue weighted by molar-refractivity contribution is 5.36. The molecule has 1 atom stereocenters. The molecule has 0 fully saturated rings. The zero-order valence-corrected chi connectivity index (χ0v) is 8.17. The molecule has 0 aromatic rings. The third-order valence-electron chi connectivity index (χ3n) is 1.55. The minimum atomic E-state index is 0.130. The van der Waals surface area contributed by atoms with Crippen LogP contribution < -0.4 is 5.73 Å². The van der Waals surface area contributed by atoms with Gasteiger partial charge in [0.2, 0.25) is 0 Å². The lowest BCUT2D eigenvalue weighted by molar-refractivity contribution is -0.128. The Morgan fingerprint density at radius 3 is 2.50 bits per heavy atom. The van der Waals surface area contributed by atoms with E-state index in [-0.39, 0.29) is 11.5 Å². The summed E-state index contributed by atoms with van der Waals surface area (Å²) in [4.78, 5) is 9.81. The quantitative estimate of drug-likeness (QED) is 0.504. The minimum Gasteiger partial charge on any atom is -0.468 e. The number of carbonyl (C=O) groups is 1. The Morgan fingerprint density at radius 1 is 1.50 bits per heavy atom. The molecule has 12 heavy (non-hydrogen) atoms. The largest absolute Gasteiger partial charge is 0.468 e. The molecule has 0 radical (unpaired) electrons. The topological polar surface area (TPSA) is 52.3 Å². The molecule has 2 N–H and O–H groups in total. The summed E-state index contributed by atoms with van der Waals surface area (Å²) in [6, 6.07) is 0.130. The van der Waals surface area contributed by atoms with Crippen molar-refractivity contribution in [3.05, 3.63) is 0 Å². The molecule has 0 aliphatic rings. The van der Waals surface area contributed by atoms with E-state index < -0.39 is 0 Å². The Bertz CT molecular complexity index is 129. The van der Waals surface area contributed by atoms with Crippen LogP contribution in [0, 0.1) is 5.41 Å². The van der Waals surface area contributed by atoms with Crippen molar-refractivity contribution >= 4 is 6.47 Å². The summed E-state index contributed by atoms with van der Waals surface area (Å²) in [6.07, 6.45) is 1.70. The van der Waals surface area contributed by atoms with E-state index in [0.717, 1.165) is 12.8 Å². The van der Waals surface area contributed by atoms with Gasteiger partial charge in [-0.2, -0.15) is 0 Å². The predicted molar refractivity (Wildman–Crippen MR) is 48.7 cm³/mol. The molecule has 0 rings (SSSR count). The summed E-state index contributed by atoms with van der Waals surface area (Å²) in [5, 5.41) is 0. The number of rotatable bonds is 5. The molecule has 72 valence electrons. The molecule has 0 heterocycles. The van der Waals surface area contributed by atoms with Gasteiger partial charge >= 0.3 is 0 Å². The second-order valence-corrected chi connectivity index (χ2v) is 4.28. The lowest BCUT2D eigenvalue weighted by Crippen LogP contribution is -2.27. The molecule has 0 bridgehead atoms. The van der Waals surface area contributed by atoms with Crippen molar-refractivity contribution in [1.82, 2.24) is 0 Å². The maximum Gasteiger partial charge on any atom is 0.293 e. The fourth-order valence-corrected chi connectivity index (χ4v) is 1.16. The van der Waals surface area contributed by atoms with Gasteiger partial charge in [-0.05, 0) is 18.3 Å².